The Kier molecular flexibility index (Phi) is 5.79. The van der Waals surface area contributed by atoms with E-state index in [9.17, 15) is 14.4 Å². The minimum Gasteiger partial charge on any atom is -0.493 e. The first kappa shape index (κ1) is 18.8. The average molecular weight is 358 g/mol. The van der Waals surface area contributed by atoms with E-state index in [1.807, 2.05) is 0 Å². The summed E-state index contributed by atoms with van der Waals surface area (Å²) < 4.78 is 14.9. The maximum atomic E-state index is 12.4. The fraction of sp³-hybridized carbons (Fsp3) is 0.167. The Morgan fingerprint density at radius 1 is 0.885 bits per heavy atom. The van der Waals surface area contributed by atoms with Crippen LogP contribution in [0.25, 0.3) is 0 Å². The monoisotopic (exact) mass is 358 g/mol. The number of methoxy groups -OCH3 is 3. The van der Waals surface area contributed by atoms with Crippen LogP contribution in [-0.2, 0) is 4.74 Å². The van der Waals surface area contributed by atoms with Crippen molar-refractivity contribution in [3.05, 3.63) is 53.1 Å². The average Bonchev–Trinajstić information content (AvgIpc) is 2.66. The third kappa shape index (κ3) is 3.92. The number of carbonyl (C=O) groups excluding carboxylic acids is 3. The largest absolute Gasteiger partial charge is 0.493 e. The summed E-state index contributed by atoms with van der Waals surface area (Å²) in [6.45, 7) is 0. The molecule has 0 unspecified atom stereocenters. The highest BCUT2D eigenvalue weighted by Gasteiger charge is 2.17. The summed E-state index contributed by atoms with van der Waals surface area (Å²) in [5.74, 6) is -1.10. The summed E-state index contributed by atoms with van der Waals surface area (Å²) in [6.07, 6.45) is 0. The molecule has 26 heavy (non-hydrogen) atoms. The molecule has 0 radical (unpaired) electrons. The molecule has 0 aliphatic heterocycles. The van der Waals surface area contributed by atoms with E-state index in [4.69, 9.17) is 15.2 Å². The van der Waals surface area contributed by atoms with E-state index in [-0.39, 0.29) is 16.8 Å². The molecule has 2 aromatic carbocycles. The van der Waals surface area contributed by atoms with Gasteiger partial charge in [0, 0.05) is 11.6 Å². The Balaban J connectivity index is 2.33. The zero-order chi connectivity index (χ0) is 19.3. The van der Waals surface area contributed by atoms with Gasteiger partial charge in [0.1, 0.15) is 0 Å². The van der Waals surface area contributed by atoms with Gasteiger partial charge in [0.15, 0.2) is 11.5 Å². The van der Waals surface area contributed by atoms with Gasteiger partial charge in [0.05, 0.1) is 38.1 Å². The second kappa shape index (κ2) is 8.02. The van der Waals surface area contributed by atoms with Gasteiger partial charge in [-0.25, -0.2) is 4.79 Å². The molecule has 8 nitrogen and oxygen atoms in total. The molecule has 2 amide bonds. The molecule has 0 atom stereocenters. The Labute approximate surface area is 149 Å². The first-order valence-corrected chi connectivity index (χ1v) is 7.46. The number of hydrogen-bond acceptors (Lipinski definition) is 6. The van der Waals surface area contributed by atoms with Crippen molar-refractivity contribution < 1.29 is 28.6 Å². The molecule has 0 bridgehead atoms. The van der Waals surface area contributed by atoms with E-state index in [1.54, 1.807) is 0 Å². The van der Waals surface area contributed by atoms with E-state index in [0.29, 0.717) is 17.1 Å². The summed E-state index contributed by atoms with van der Waals surface area (Å²) >= 11 is 0. The minimum absolute atomic E-state index is 0.0715. The molecule has 0 aromatic heterocycles. The molecule has 3 N–H and O–H groups in total. The molecule has 2 aromatic rings. The number of carbonyl (C=O) groups is 3. The number of nitrogens with two attached hydrogens (primary N) is 1. The van der Waals surface area contributed by atoms with Crippen molar-refractivity contribution in [2.45, 2.75) is 0 Å². The molecule has 8 heteroatoms. The summed E-state index contributed by atoms with van der Waals surface area (Å²) in [6, 6.07) is 8.68. The number of ether oxygens (including phenoxy) is 3. The van der Waals surface area contributed by atoms with Gasteiger partial charge in [-0.05, 0) is 30.3 Å². The second-order valence-electron chi connectivity index (χ2n) is 5.14. The lowest BCUT2D eigenvalue weighted by molar-refractivity contribution is 0.0600. The van der Waals surface area contributed by atoms with E-state index in [0.717, 1.165) is 0 Å². The van der Waals surface area contributed by atoms with Crippen molar-refractivity contribution in [1.29, 1.82) is 0 Å². The lowest BCUT2D eigenvalue weighted by Crippen LogP contribution is -2.18. The maximum absolute atomic E-state index is 12.4. The summed E-state index contributed by atoms with van der Waals surface area (Å²) in [5, 5.41) is 2.61. The van der Waals surface area contributed by atoms with Crippen LogP contribution in [0.15, 0.2) is 36.4 Å². The fourth-order valence-electron chi connectivity index (χ4n) is 2.26. The van der Waals surface area contributed by atoms with Crippen molar-refractivity contribution in [3.63, 3.8) is 0 Å². The predicted octanol–water partition coefficient (Wildman–Crippen LogP) is 1.84. The van der Waals surface area contributed by atoms with Crippen molar-refractivity contribution in [3.8, 4) is 11.5 Å². The fourth-order valence-corrected chi connectivity index (χ4v) is 2.26. The third-order valence-corrected chi connectivity index (χ3v) is 3.61. The summed E-state index contributed by atoms with van der Waals surface area (Å²) in [5.41, 5.74) is 6.22. The summed E-state index contributed by atoms with van der Waals surface area (Å²) in [4.78, 5) is 35.6. The number of rotatable bonds is 6. The molecule has 0 saturated heterocycles. The highest BCUT2D eigenvalue weighted by Crippen LogP contribution is 2.33. The van der Waals surface area contributed by atoms with Crippen LogP contribution in [0.3, 0.4) is 0 Å². The van der Waals surface area contributed by atoms with Gasteiger partial charge >= 0.3 is 5.97 Å². The Hall–Kier alpha value is -3.55. The molecule has 0 aliphatic rings. The molecule has 0 spiro atoms. The molecule has 136 valence electrons. The van der Waals surface area contributed by atoms with Gasteiger partial charge in [0.25, 0.3) is 11.8 Å². The smallest absolute Gasteiger partial charge is 0.337 e. The molecule has 0 heterocycles. The molecule has 0 fully saturated rings. The number of esters is 1. The van der Waals surface area contributed by atoms with Crippen LogP contribution in [0.2, 0.25) is 0 Å². The number of primary amides is 1. The zero-order valence-corrected chi connectivity index (χ0v) is 14.5. The molecular formula is C18H18N2O6. The van der Waals surface area contributed by atoms with Crippen molar-refractivity contribution in [1.82, 2.24) is 0 Å². The van der Waals surface area contributed by atoms with Crippen LogP contribution in [0.1, 0.15) is 31.1 Å². The quantitative estimate of drug-likeness (QED) is 0.761. The van der Waals surface area contributed by atoms with Crippen LogP contribution in [0, 0.1) is 0 Å². The van der Waals surface area contributed by atoms with Gasteiger partial charge in [-0.15, -0.1) is 0 Å². The maximum Gasteiger partial charge on any atom is 0.337 e. The number of nitrogens with one attached hydrogen (secondary N) is 1. The highest BCUT2D eigenvalue weighted by molar-refractivity contribution is 6.09. The van der Waals surface area contributed by atoms with Crippen molar-refractivity contribution in [2.75, 3.05) is 26.6 Å². The Morgan fingerprint density at radius 2 is 1.42 bits per heavy atom. The van der Waals surface area contributed by atoms with Crippen LogP contribution in [0.4, 0.5) is 5.69 Å². The summed E-state index contributed by atoms with van der Waals surface area (Å²) in [7, 11) is 4.12. The SMILES string of the molecule is COC(=O)c1ccc(C(=O)Nc2cc(OC)c(OC)cc2C(N)=O)cc1. The lowest BCUT2D eigenvalue weighted by atomic mass is 10.1. The van der Waals surface area contributed by atoms with Crippen LogP contribution >= 0.6 is 0 Å². The van der Waals surface area contributed by atoms with Gasteiger partial charge in [-0.2, -0.15) is 0 Å². The molecule has 0 saturated carbocycles. The number of amides is 2. The molecule has 0 aliphatic carbocycles. The van der Waals surface area contributed by atoms with Crippen molar-refractivity contribution >= 4 is 23.5 Å². The Bertz CT molecular complexity index is 846. The third-order valence-electron chi connectivity index (χ3n) is 3.61. The van der Waals surface area contributed by atoms with Crippen molar-refractivity contribution in [2.24, 2.45) is 5.73 Å². The highest BCUT2D eigenvalue weighted by atomic mass is 16.5. The van der Waals surface area contributed by atoms with Gasteiger partial charge < -0.3 is 25.3 Å². The second-order valence-corrected chi connectivity index (χ2v) is 5.14. The first-order chi connectivity index (χ1) is 12.4. The molecule has 2 rings (SSSR count). The Morgan fingerprint density at radius 3 is 1.92 bits per heavy atom. The number of hydrogen-bond donors (Lipinski definition) is 2. The van der Waals surface area contributed by atoms with Crippen LogP contribution < -0.4 is 20.5 Å². The van der Waals surface area contributed by atoms with Gasteiger partial charge in [0.2, 0.25) is 0 Å². The number of anilines is 1. The number of benzene rings is 2. The van der Waals surface area contributed by atoms with E-state index in [2.05, 4.69) is 10.1 Å². The van der Waals surface area contributed by atoms with E-state index in [1.165, 1.54) is 57.7 Å². The predicted molar refractivity (Wildman–Crippen MR) is 93.8 cm³/mol. The van der Waals surface area contributed by atoms with Gasteiger partial charge in [-0.1, -0.05) is 0 Å². The lowest BCUT2D eigenvalue weighted by Gasteiger charge is -2.14. The van der Waals surface area contributed by atoms with Gasteiger partial charge in [-0.3, -0.25) is 9.59 Å². The molecular weight excluding hydrogens is 340 g/mol. The zero-order valence-electron chi connectivity index (χ0n) is 14.5. The minimum atomic E-state index is -0.734. The van der Waals surface area contributed by atoms with Crippen LogP contribution in [-0.4, -0.2) is 39.1 Å². The standard InChI is InChI=1S/C18H18N2O6/c1-24-14-8-12(16(19)21)13(9-15(14)25-2)20-17(22)10-4-6-11(7-5-10)18(23)26-3/h4-9H,1-3H3,(H2,19,21)(H,20,22). The van der Waals surface area contributed by atoms with E-state index < -0.39 is 17.8 Å². The first-order valence-electron chi connectivity index (χ1n) is 7.46. The topological polar surface area (TPSA) is 117 Å². The normalized spacial score (nSPS) is 9.96. The van der Waals surface area contributed by atoms with E-state index >= 15 is 0 Å². The van der Waals surface area contributed by atoms with Crippen LogP contribution in [0.5, 0.6) is 11.5 Å².